The van der Waals surface area contributed by atoms with E-state index in [0.29, 0.717) is 22.1 Å². The molecule has 0 aliphatic carbocycles. The molecule has 2 unspecified atom stereocenters. The highest BCUT2D eigenvalue weighted by molar-refractivity contribution is 7.91. The maximum atomic E-state index is 12.8. The molecule has 118 valence electrons. The van der Waals surface area contributed by atoms with Crippen LogP contribution in [0.15, 0.2) is 33.3 Å². The number of nitrogens with two attached hydrogens (primary N) is 1. The van der Waals surface area contributed by atoms with E-state index in [9.17, 15) is 13.2 Å². The first kappa shape index (κ1) is 15.6. The Morgan fingerprint density at radius 2 is 2.18 bits per heavy atom. The molecule has 0 saturated carbocycles. The Bertz CT molecular complexity index is 741. The van der Waals surface area contributed by atoms with Gasteiger partial charge in [0.2, 0.25) is 5.91 Å². The third-order valence-electron chi connectivity index (χ3n) is 3.75. The molecule has 2 atom stereocenters. The molecule has 0 bridgehead atoms. The average Bonchev–Trinajstić information content (AvgIpc) is 3.19. The predicted octanol–water partition coefficient (Wildman–Crippen LogP) is 1.83. The summed E-state index contributed by atoms with van der Waals surface area (Å²) in [4.78, 5) is 15.7. The lowest BCUT2D eigenvalue weighted by Crippen LogP contribution is -2.43. The number of thiophene rings is 1. The smallest absolute Gasteiger partial charge is 0.253 e. The largest absolute Gasteiger partial charge is 0.369 e. The van der Waals surface area contributed by atoms with E-state index in [1.165, 1.54) is 27.0 Å². The Labute approximate surface area is 136 Å². The van der Waals surface area contributed by atoms with E-state index in [0.717, 1.165) is 0 Å². The van der Waals surface area contributed by atoms with Crippen LogP contribution in [0.25, 0.3) is 0 Å². The van der Waals surface area contributed by atoms with Crippen molar-refractivity contribution in [1.82, 2.24) is 9.29 Å². The van der Waals surface area contributed by atoms with Gasteiger partial charge in [-0.2, -0.15) is 4.31 Å². The first-order valence-electron chi connectivity index (χ1n) is 6.74. The van der Waals surface area contributed by atoms with E-state index in [1.807, 2.05) is 0 Å². The number of hydrogen-bond donors (Lipinski definition) is 1. The van der Waals surface area contributed by atoms with Crippen LogP contribution in [-0.2, 0) is 14.8 Å². The highest BCUT2D eigenvalue weighted by Gasteiger charge is 2.40. The number of hydrogen-bond acceptors (Lipinski definition) is 6. The molecule has 2 aromatic rings. The standard InChI is InChI=1S/C13H15N3O3S3/c14-12(17)9-3-5-16(10(8-9)13-15-4-7-21-13)22(18,19)11-2-1-6-20-11/h1-2,4,6-7,9-10H,3,5,8H2,(H2,14,17). The molecule has 1 aliphatic rings. The Hall–Kier alpha value is -1.29. The van der Waals surface area contributed by atoms with Gasteiger partial charge in [0.1, 0.15) is 9.22 Å². The van der Waals surface area contributed by atoms with E-state index in [1.54, 1.807) is 29.1 Å². The molecule has 3 rings (SSSR count). The third kappa shape index (κ3) is 2.81. The molecule has 6 nitrogen and oxygen atoms in total. The zero-order valence-corrected chi connectivity index (χ0v) is 14.0. The first-order chi connectivity index (χ1) is 10.5. The second-order valence-corrected chi connectivity index (χ2v) is 9.05. The number of carbonyl (C=O) groups excluding carboxylic acids is 1. The van der Waals surface area contributed by atoms with Crippen molar-refractivity contribution in [2.45, 2.75) is 23.1 Å². The van der Waals surface area contributed by atoms with E-state index in [2.05, 4.69) is 4.98 Å². The highest BCUT2D eigenvalue weighted by atomic mass is 32.2. The summed E-state index contributed by atoms with van der Waals surface area (Å²) in [7, 11) is -3.58. The molecule has 1 saturated heterocycles. The molecule has 1 fully saturated rings. The van der Waals surface area contributed by atoms with Crippen LogP contribution in [0.3, 0.4) is 0 Å². The Morgan fingerprint density at radius 3 is 2.77 bits per heavy atom. The van der Waals surface area contributed by atoms with Crippen LogP contribution >= 0.6 is 22.7 Å². The van der Waals surface area contributed by atoms with Crippen LogP contribution < -0.4 is 5.73 Å². The molecule has 1 amide bonds. The zero-order chi connectivity index (χ0) is 15.7. The van der Waals surface area contributed by atoms with Gasteiger partial charge in [-0.1, -0.05) is 6.07 Å². The van der Waals surface area contributed by atoms with Crippen LogP contribution in [0.1, 0.15) is 23.9 Å². The Morgan fingerprint density at radius 1 is 1.36 bits per heavy atom. The number of amides is 1. The van der Waals surface area contributed by atoms with Crippen LogP contribution in [0, 0.1) is 5.92 Å². The van der Waals surface area contributed by atoms with Gasteiger partial charge in [-0.3, -0.25) is 4.79 Å². The number of primary amides is 1. The lowest BCUT2D eigenvalue weighted by atomic mass is 9.92. The van der Waals surface area contributed by atoms with Gasteiger partial charge in [0.05, 0.1) is 6.04 Å². The lowest BCUT2D eigenvalue weighted by Gasteiger charge is -2.36. The average molecular weight is 357 g/mol. The number of carbonyl (C=O) groups is 1. The summed E-state index contributed by atoms with van der Waals surface area (Å²) >= 11 is 2.59. The van der Waals surface area contributed by atoms with Crippen molar-refractivity contribution in [3.05, 3.63) is 34.1 Å². The maximum Gasteiger partial charge on any atom is 0.253 e. The number of piperidine rings is 1. The van der Waals surface area contributed by atoms with Gasteiger partial charge in [-0.05, 0) is 24.3 Å². The fraction of sp³-hybridized carbons (Fsp3) is 0.385. The Kier molecular flexibility index (Phi) is 4.31. The minimum absolute atomic E-state index is 0.276. The normalized spacial score (nSPS) is 23.5. The van der Waals surface area contributed by atoms with Crippen molar-refractivity contribution in [3.63, 3.8) is 0 Å². The van der Waals surface area contributed by atoms with Crippen molar-refractivity contribution >= 4 is 38.6 Å². The molecule has 1 aliphatic heterocycles. The van der Waals surface area contributed by atoms with Crippen LogP contribution in [0.4, 0.5) is 0 Å². The van der Waals surface area contributed by atoms with Gasteiger partial charge < -0.3 is 5.73 Å². The van der Waals surface area contributed by atoms with Crippen molar-refractivity contribution < 1.29 is 13.2 Å². The fourth-order valence-electron chi connectivity index (χ4n) is 2.64. The van der Waals surface area contributed by atoms with Gasteiger partial charge in [0, 0.05) is 24.0 Å². The lowest BCUT2D eigenvalue weighted by molar-refractivity contribution is -0.123. The van der Waals surface area contributed by atoms with Crippen LogP contribution in [0.5, 0.6) is 0 Å². The summed E-state index contributed by atoms with van der Waals surface area (Å²) in [6, 6.07) is 2.88. The van der Waals surface area contributed by atoms with Crippen LogP contribution in [-0.4, -0.2) is 30.2 Å². The van der Waals surface area contributed by atoms with Crippen molar-refractivity contribution in [1.29, 1.82) is 0 Å². The monoisotopic (exact) mass is 357 g/mol. The number of thiazole rings is 1. The van der Waals surface area contributed by atoms with E-state index >= 15 is 0 Å². The number of aromatic nitrogens is 1. The summed E-state index contributed by atoms with van der Waals surface area (Å²) in [6.45, 7) is 0.276. The van der Waals surface area contributed by atoms with E-state index in [4.69, 9.17) is 5.73 Å². The number of nitrogens with zero attached hydrogens (tertiary/aromatic N) is 2. The SMILES string of the molecule is NC(=O)C1CCN(S(=O)(=O)c2cccs2)C(c2nccs2)C1. The second kappa shape index (κ2) is 6.07. The predicted molar refractivity (Wildman–Crippen MR) is 85.0 cm³/mol. The molecular weight excluding hydrogens is 342 g/mol. The number of sulfonamides is 1. The number of rotatable bonds is 4. The molecule has 3 heterocycles. The summed E-state index contributed by atoms with van der Waals surface area (Å²) in [5, 5.41) is 4.24. The summed E-state index contributed by atoms with van der Waals surface area (Å²) in [6.07, 6.45) is 2.47. The van der Waals surface area contributed by atoms with Crippen LogP contribution in [0.2, 0.25) is 0 Å². The summed E-state index contributed by atoms with van der Waals surface area (Å²) < 4.78 is 27.4. The van der Waals surface area contributed by atoms with Crippen molar-refractivity contribution in [2.75, 3.05) is 6.54 Å². The third-order valence-corrected chi connectivity index (χ3v) is 7.91. The van der Waals surface area contributed by atoms with E-state index in [-0.39, 0.29) is 18.4 Å². The van der Waals surface area contributed by atoms with Gasteiger partial charge in [0.15, 0.2) is 0 Å². The minimum atomic E-state index is -3.58. The topological polar surface area (TPSA) is 93.4 Å². The second-order valence-electron chi connectivity index (χ2n) is 5.06. The van der Waals surface area contributed by atoms with Crippen molar-refractivity contribution in [3.8, 4) is 0 Å². The maximum absolute atomic E-state index is 12.8. The molecule has 0 spiro atoms. The van der Waals surface area contributed by atoms with Gasteiger partial charge in [-0.15, -0.1) is 22.7 Å². The van der Waals surface area contributed by atoms with Gasteiger partial charge in [0.25, 0.3) is 10.0 Å². The molecule has 2 aromatic heterocycles. The molecular formula is C13H15N3O3S3. The quantitative estimate of drug-likeness (QED) is 0.903. The fourth-order valence-corrected chi connectivity index (χ4v) is 6.21. The Balaban J connectivity index is 1.97. The summed E-state index contributed by atoms with van der Waals surface area (Å²) in [5.41, 5.74) is 5.41. The molecule has 0 radical (unpaired) electrons. The minimum Gasteiger partial charge on any atom is -0.369 e. The zero-order valence-electron chi connectivity index (χ0n) is 11.6. The molecule has 0 aromatic carbocycles. The highest BCUT2D eigenvalue weighted by Crippen LogP contribution is 2.39. The molecule has 22 heavy (non-hydrogen) atoms. The summed E-state index contributed by atoms with van der Waals surface area (Å²) in [5.74, 6) is -0.696. The molecule has 9 heteroatoms. The van der Waals surface area contributed by atoms with Gasteiger partial charge in [-0.25, -0.2) is 13.4 Å². The van der Waals surface area contributed by atoms with E-state index < -0.39 is 16.1 Å². The van der Waals surface area contributed by atoms with Gasteiger partial charge >= 0.3 is 0 Å². The molecule has 2 N–H and O–H groups in total. The first-order valence-corrected chi connectivity index (χ1v) is 9.94. The van der Waals surface area contributed by atoms with Crippen molar-refractivity contribution in [2.24, 2.45) is 11.7 Å².